The van der Waals surface area contributed by atoms with Gasteiger partial charge in [-0.3, -0.25) is 24.1 Å². The van der Waals surface area contributed by atoms with Crippen LogP contribution in [0.2, 0.25) is 0 Å². The maximum atomic E-state index is 14.9. The normalized spacial score (nSPS) is 33.4. The molecule has 3 fully saturated rings. The van der Waals surface area contributed by atoms with E-state index in [2.05, 4.69) is 10.2 Å². The Hall–Kier alpha value is -3.58. The average molecular weight is 665 g/mol. The fraction of sp³-hybridized carbons (Fsp3) is 0.611. The molecule has 0 aromatic heterocycles. The highest BCUT2D eigenvalue weighted by atomic mass is 16.6. The van der Waals surface area contributed by atoms with E-state index in [1.807, 2.05) is 56.3 Å². The van der Waals surface area contributed by atoms with Gasteiger partial charge in [0.15, 0.2) is 0 Å². The van der Waals surface area contributed by atoms with E-state index in [4.69, 9.17) is 14.2 Å². The van der Waals surface area contributed by atoms with Crippen LogP contribution < -0.4 is 5.32 Å². The Morgan fingerprint density at radius 3 is 2.54 bits per heavy atom. The van der Waals surface area contributed by atoms with Gasteiger partial charge in [0.1, 0.15) is 23.7 Å². The van der Waals surface area contributed by atoms with Gasteiger partial charge in [0.25, 0.3) is 0 Å². The summed E-state index contributed by atoms with van der Waals surface area (Å²) in [5.41, 5.74) is -0.687. The number of nitrogens with zero attached hydrogens (tertiary/aromatic N) is 3. The van der Waals surface area contributed by atoms with Gasteiger partial charge in [0, 0.05) is 39.1 Å². The summed E-state index contributed by atoms with van der Waals surface area (Å²) in [6.07, 6.45) is 7.16. The van der Waals surface area contributed by atoms with Crippen LogP contribution in [0.4, 0.5) is 0 Å². The van der Waals surface area contributed by atoms with Crippen molar-refractivity contribution in [2.75, 3.05) is 59.1 Å². The average Bonchev–Trinajstić information content (AvgIpc) is 3.75. The van der Waals surface area contributed by atoms with Crippen LogP contribution in [-0.4, -0.2) is 126 Å². The zero-order chi connectivity index (χ0) is 33.8. The highest BCUT2D eigenvalue weighted by Crippen LogP contribution is 2.56. The van der Waals surface area contributed by atoms with E-state index in [1.54, 1.807) is 17.1 Å². The Balaban J connectivity index is 1.39. The lowest BCUT2D eigenvalue weighted by Crippen LogP contribution is -2.60. The number of hydrogen-bond donors (Lipinski definition) is 2. The van der Waals surface area contributed by atoms with Crippen molar-refractivity contribution in [3.8, 4) is 0 Å². The minimum Gasteiger partial charge on any atom is -0.455 e. The molecule has 3 saturated heterocycles. The summed E-state index contributed by atoms with van der Waals surface area (Å²) in [5.74, 6) is -3.63. The Labute approximate surface area is 282 Å². The molecule has 12 heteroatoms. The van der Waals surface area contributed by atoms with Crippen molar-refractivity contribution >= 4 is 23.7 Å². The summed E-state index contributed by atoms with van der Waals surface area (Å²) in [6.45, 7) is 7.73. The Bertz CT molecular complexity index is 1400. The van der Waals surface area contributed by atoms with Gasteiger partial charge in [-0.1, -0.05) is 74.9 Å². The molecule has 12 nitrogen and oxygen atoms in total. The van der Waals surface area contributed by atoms with Gasteiger partial charge in [-0.2, -0.15) is 0 Å². The highest BCUT2D eigenvalue weighted by Gasteiger charge is 2.74. The molecule has 0 aliphatic carbocycles. The number of benzene rings is 1. The number of carbonyl (C=O) groups excluding carboxylic acids is 4. The number of hydrogen-bond acceptors (Lipinski definition) is 9. The first-order valence-corrected chi connectivity index (χ1v) is 17.3. The highest BCUT2D eigenvalue weighted by molar-refractivity contribution is 5.99. The zero-order valence-electron chi connectivity index (χ0n) is 27.9. The molecule has 5 heterocycles. The maximum Gasteiger partial charge on any atom is 0.313 e. The predicted octanol–water partition coefficient (Wildman–Crippen LogP) is 1.46. The number of nitrogens with one attached hydrogen (secondary N) is 1. The molecule has 5 bridgehead atoms. The topological polar surface area (TPSA) is 138 Å². The van der Waals surface area contributed by atoms with Crippen molar-refractivity contribution < 1.29 is 38.5 Å². The molecule has 3 amide bonds. The molecule has 1 aromatic carbocycles. The van der Waals surface area contributed by atoms with Gasteiger partial charge in [0.05, 0.1) is 44.4 Å². The number of morpholine rings is 1. The van der Waals surface area contributed by atoms with Crippen molar-refractivity contribution in [2.45, 2.75) is 63.0 Å². The van der Waals surface area contributed by atoms with Gasteiger partial charge >= 0.3 is 5.97 Å². The van der Waals surface area contributed by atoms with Crippen LogP contribution in [-0.2, 0) is 33.4 Å². The predicted molar refractivity (Wildman–Crippen MR) is 175 cm³/mol. The molecule has 0 unspecified atom stereocenters. The summed E-state index contributed by atoms with van der Waals surface area (Å²) >= 11 is 0. The van der Waals surface area contributed by atoms with Gasteiger partial charge in [-0.05, 0) is 17.9 Å². The van der Waals surface area contributed by atoms with Crippen LogP contribution in [0.3, 0.4) is 0 Å². The molecular weight excluding hydrogens is 616 g/mol. The minimum absolute atomic E-state index is 0.0687. The van der Waals surface area contributed by atoms with Crippen LogP contribution in [0, 0.1) is 17.8 Å². The van der Waals surface area contributed by atoms with E-state index in [9.17, 15) is 24.3 Å². The van der Waals surface area contributed by atoms with Crippen LogP contribution in [0.1, 0.15) is 44.8 Å². The number of esters is 1. The number of rotatable bonds is 8. The lowest BCUT2D eigenvalue weighted by molar-refractivity contribution is -0.161. The number of carbonyl (C=O) groups is 4. The molecule has 260 valence electrons. The number of aliphatic hydroxyl groups is 1. The zero-order valence-corrected chi connectivity index (χ0v) is 27.9. The summed E-state index contributed by atoms with van der Waals surface area (Å²) in [4.78, 5) is 62.1. The minimum atomic E-state index is -1.39. The standard InChI is InChI=1S/C36H48N4O8/c1-3-24(2)26(23-41)40-32-34(44)39(17-16-38-18-20-46-21-19-38)15-9-5-8-12-29(42)37-22-28(25-10-6-4-7-11-25)47-35(45)30-27-13-14-36(32,48-27)31(30)33(40)43/h4-7,9-11,13-14,24,26-28,30-32,41H,3,8,12,15-23H2,1-2H3,(H,37,42)/b9-5-/t24-,26-,27-,28-,30+,31+,32-,36+/m0/s1. The lowest BCUT2D eigenvalue weighted by Gasteiger charge is -2.41. The smallest absolute Gasteiger partial charge is 0.313 e. The monoisotopic (exact) mass is 664 g/mol. The third-order valence-corrected chi connectivity index (χ3v) is 10.7. The molecule has 1 spiro atoms. The van der Waals surface area contributed by atoms with Gasteiger partial charge < -0.3 is 34.4 Å². The summed E-state index contributed by atoms with van der Waals surface area (Å²) in [5, 5.41) is 13.6. The SMILES string of the molecule is CC[C@H](C)[C@H](CO)N1C(=O)[C@H]2[C@@H]3C(=O)O[C@H](c4ccccc4)CNC(=O)CC/C=C\CN(CCN4CCOCC4)C(=O)[C@H]1[C@@]21C=C[C@@H]3O1. The molecule has 0 saturated carbocycles. The van der Waals surface area contributed by atoms with Gasteiger partial charge in [-0.25, -0.2) is 0 Å². The Morgan fingerprint density at radius 2 is 1.81 bits per heavy atom. The summed E-state index contributed by atoms with van der Waals surface area (Å²) in [7, 11) is 0. The first-order chi connectivity index (χ1) is 23.3. The number of allylic oxidation sites excluding steroid dienone is 1. The second-order valence-electron chi connectivity index (χ2n) is 13.5. The van der Waals surface area contributed by atoms with Crippen LogP contribution in [0.25, 0.3) is 0 Å². The van der Waals surface area contributed by atoms with Crippen LogP contribution in [0.15, 0.2) is 54.6 Å². The first kappa shape index (κ1) is 34.3. The van der Waals surface area contributed by atoms with E-state index >= 15 is 0 Å². The van der Waals surface area contributed by atoms with Gasteiger partial charge in [-0.15, -0.1) is 0 Å². The molecule has 0 radical (unpaired) electrons. The van der Waals surface area contributed by atoms with E-state index in [0.717, 1.165) is 13.1 Å². The van der Waals surface area contributed by atoms with Crippen molar-refractivity contribution in [3.05, 3.63) is 60.2 Å². The summed E-state index contributed by atoms with van der Waals surface area (Å²) < 4.78 is 18.2. The largest absolute Gasteiger partial charge is 0.455 e. The van der Waals surface area contributed by atoms with Crippen molar-refractivity contribution in [2.24, 2.45) is 17.8 Å². The first-order valence-electron chi connectivity index (χ1n) is 17.3. The molecule has 5 aliphatic rings. The van der Waals surface area contributed by atoms with E-state index in [-0.39, 0.29) is 43.8 Å². The third kappa shape index (κ3) is 6.55. The van der Waals surface area contributed by atoms with Crippen LogP contribution >= 0.6 is 0 Å². The summed E-state index contributed by atoms with van der Waals surface area (Å²) in [6, 6.07) is 7.44. The molecule has 5 aliphatic heterocycles. The van der Waals surface area contributed by atoms with Gasteiger partial charge in [0.2, 0.25) is 17.7 Å². The fourth-order valence-electron chi connectivity index (χ4n) is 7.82. The fourth-order valence-corrected chi connectivity index (χ4v) is 7.82. The molecule has 1 aromatic rings. The van der Waals surface area contributed by atoms with Crippen molar-refractivity contribution in [1.29, 1.82) is 0 Å². The molecule has 2 N–H and O–H groups in total. The van der Waals surface area contributed by atoms with E-state index < -0.39 is 53.6 Å². The Kier molecular flexibility index (Phi) is 10.6. The number of aliphatic hydroxyl groups excluding tert-OH is 1. The second kappa shape index (κ2) is 14.9. The molecular formula is C36H48N4O8. The van der Waals surface area contributed by atoms with E-state index in [0.29, 0.717) is 44.7 Å². The van der Waals surface area contributed by atoms with Crippen molar-refractivity contribution in [1.82, 2.24) is 20.0 Å². The Morgan fingerprint density at radius 1 is 1.04 bits per heavy atom. The lowest BCUT2D eigenvalue weighted by atomic mass is 9.74. The number of amides is 3. The van der Waals surface area contributed by atoms with Crippen molar-refractivity contribution in [3.63, 3.8) is 0 Å². The molecule has 48 heavy (non-hydrogen) atoms. The number of likely N-dealkylation sites (tertiary alicyclic amines) is 1. The number of cyclic esters (lactones) is 1. The molecule has 8 atom stereocenters. The number of fused-ring (bicyclic) bond motifs is 2. The third-order valence-electron chi connectivity index (χ3n) is 10.7. The maximum absolute atomic E-state index is 14.9. The molecule has 6 rings (SSSR count). The quantitative estimate of drug-likeness (QED) is 0.313. The van der Waals surface area contributed by atoms with E-state index in [1.165, 1.54) is 4.90 Å². The number of ether oxygens (including phenoxy) is 3. The van der Waals surface area contributed by atoms with Crippen LogP contribution in [0.5, 0.6) is 0 Å². The second-order valence-corrected chi connectivity index (χ2v) is 13.5.